The molecule has 1 aromatic heterocycles. The van der Waals surface area contributed by atoms with Gasteiger partial charge in [0.25, 0.3) is 5.91 Å². The number of amides is 1. The Kier molecular flexibility index (Phi) is 4.26. The molecule has 4 nitrogen and oxygen atoms in total. The molecule has 0 fully saturated rings. The van der Waals surface area contributed by atoms with Gasteiger partial charge in [-0.05, 0) is 31.2 Å². The molecule has 1 aromatic carbocycles. The van der Waals surface area contributed by atoms with Gasteiger partial charge in [-0.25, -0.2) is 5.43 Å². The van der Waals surface area contributed by atoms with E-state index in [4.69, 9.17) is 11.6 Å². The second-order valence-electron chi connectivity index (χ2n) is 3.89. The molecule has 1 amide bonds. The van der Waals surface area contributed by atoms with Crippen LogP contribution in [0.1, 0.15) is 22.8 Å². The monoisotopic (exact) mass is 273 g/mol. The zero-order valence-corrected chi connectivity index (χ0v) is 11.1. The van der Waals surface area contributed by atoms with Gasteiger partial charge in [0, 0.05) is 28.5 Å². The van der Waals surface area contributed by atoms with E-state index in [9.17, 15) is 4.79 Å². The highest BCUT2D eigenvalue weighted by Crippen LogP contribution is 2.10. The van der Waals surface area contributed by atoms with Crippen LogP contribution in [0.25, 0.3) is 0 Å². The molecular weight excluding hydrogens is 262 g/mol. The smallest absolute Gasteiger partial charge is 0.267 e. The molecule has 0 radical (unpaired) electrons. The summed E-state index contributed by atoms with van der Waals surface area (Å²) in [5.41, 5.74) is 4.49. The van der Waals surface area contributed by atoms with Crippen molar-refractivity contribution < 1.29 is 4.79 Å². The number of pyridine rings is 1. The molecular formula is C14H12ClN3O. The molecule has 1 heterocycles. The Labute approximate surface area is 116 Å². The van der Waals surface area contributed by atoms with E-state index in [-0.39, 0.29) is 5.91 Å². The summed E-state index contributed by atoms with van der Waals surface area (Å²) in [5.74, 6) is -0.300. The number of nitrogens with one attached hydrogen (secondary N) is 1. The zero-order valence-electron chi connectivity index (χ0n) is 10.3. The number of nitrogens with zero attached hydrogens (tertiary/aromatic N) is 2. The number of hydrogen-bond acceptors (Lipinski definition) is 3. The van der Waals surface area contributed by atoms with Gasteiger partial charge in [0.15, 0.2) is 0 Å². The average Bonchev–Trinajstić information content (AvgIpc) is 2.45. The Hall–Kier alpha value is -2.20. The van der Waals surface area contributed by atoms with Crippen LogP contribution in [-0.4, -0.2) is 16.6 Å². The fourth-order valence-corrected chi connectivity index (χ4v) is 1.66. The third-order valence-corrected chi connectivity index (χ3v) is 2.73. The maximum Gasteiger partial charge on any atom is 0.271 e. The van der Waals surface area contributed by atoms with Crippen molar-refractivity contribution in [3.05, 3.63) is 64.9 Å². The van der Waals surface area contributed by atoms with E-state index in [0.29, 0.717) is 16.3 Å². The third kappa shape index (κ3) is 3.63. The van der Waals surface area contributed by atoms with E-state index in [2.05, 4.69) is 15.5 Å². The Bertz CT molecular complexity index is 611. The fraction of sp³-hybridized carbons (Fsp3) is 0.0714. The Morgan fingerprint density at radius 2 is 2.05 bits per heavy atom. The van der Waals surface area contributed by atoms with Crippen LogP contribution in [-0.2, 0) is 0 Å². The first-order valence-electron chi connectivity index (χ1n) is 5.67. The third-order valence-electron chi connectivity index (χ3n) is 2.49. The molecule has 0 aliphatic heterocycles. The number of halogens is 1. The molecule has 0 aliphatic rings. The highest BCUT2D eigenvalue weighted by Gasteiger charge is 2.05. The average molecular weight is 274 g/mol. The van der Waals surface area contributed by atoms with Crippen LogP contribution in [0, 0.1) is 0 Å². The van der Waals surface area contributed by atoms with Crippen molar-refractivity contribution >= 4 is 23.2 Å². The van der Waals surface area contributed by atoms with Crippen LogP contribution >= 0.6 is 11.6 Å². The molecule has 0 spiro atoms. The van der Waals surface area contributed by atoms with Crippen molar-refractivity contribution in [2.45, 2.75) is 6.92 Å². The van der Waals surface area contributed by atoms with Crippen molar-refractivity contribution in [2.75, 3.05) is 0 Å². The Morgan fingerprint density at radius 3 is 2.74 bits per heavy atom. The molecule has 5 heteroatoms. The number of benzene rings is 1. The maximum atomic E-state index is 11.8. The molecule has 96 valence electrons. The molecule has 0 saturated heterocycles. The Morgan fingerprint density at radius 1 is 1.26 bits per heavy atom. The lowest BCUT2D eigenvalue weighted by molar-refractivity contribution is 0.0955. The number of carbonyl (C=O) groups is 1. The fourth-order valence-electron chi connectivity index (χ4n) is 1.47. The van der Waals surface area contributed by atoms with Crippen LogP contribution in [0.4, 0.5) is 0 Å². The summed E-state index contributed by atoms with van der Waals surface area (Å²) in [6.07, 6.45) is 3.37. The first-order valence-corrected chi connectivity index (χ1v) is 6.05. The second-order valence-corrected chi connectivity index (χ2v) is 4.33. The van der Waals surface area contributed by atoms with Gasteiger partial charge in [0.05, 0.1) is 5.71 Å². The highest BCUT2D eigenvalue weighted by atomic mass is 35.5. The van der Waals surface area contributed by atoms with Gasteiger partial charge in [-0.15, -0.1) is 0 Å². The van der Waals surface area contributed by atoms with Crippen LogP contribution in [0.5, 0.6) is 0 Å². The lowest BCUT2D eigenvalue weighted by Gasteiger charge is -2.03. The van der Waals surface area contributed by atoms with Crippen molar-refractivity contribution in [1.29, 1.82) is 0 Å². The molecule has 0 aliphatic carbocycles. The van der Waals surface area contributed by atoms with Crippen LogP contribution in [0.15, 0.2) is 53.9 Å². The van der Waals surface area contributed by atoms with E-state index < -0.39 is 0 Å². The second kappa shape index (κ2) is 6.11. The highest BCUT2D eigenvalue weighted by molar-refractivity contribution is 6.30. The molecule has 19 heavy (non-hydrogen) atoms. The Balaban J connectivity index is 2.08. The molecule has 0 bridgehead atoms. The molecule has 2 aromatic rings. The lowest BCUT2D eigenvalue weighted by atomic mass is 10.2. The normalized spacial score (nSPS) is 11.2. The van der Waals surface area contributed by atoms with Crippen LogP contribution < -0.4 is 5.43 Å². The number of carbonyl (C=O) groups excluding carboxylic acids is 1. The standard InChI is InChI=1S/C14H12ClN3O/c1-10(12-5-3-7-16-9-12)17-18-14(19)11-4-2-6-13(15)8-11/h2-9H,1H3,(H,18,19). The van der Waals surface area contributed by atoms with Gasteiger partial charge in [-0.1, -0.05) is 23.7 Å². The summed E-state index contributed by atoms with van der Waals surface area (Å²) in [5, 5.41) is 4.55. The van der Waals surface area contributed by atoms with Gasteiger partial charge in [-0.2, -0.15) is 5.10 Å². The maximum absolute atomic E-state index is 11.8. The summed E-state index contributed by atoms with van der Waals surface area (Å²) in [4.78, 5) is 15.8. The zero-order chi connectivity index (χ0) is 13.7. The van der Waals surface area contributed by atoms with Crippen molar-refractivity contribution in [2.24, 2.45) is 5.10 Å². The van der Waals surface area contributed by atoms with Crippen molar-refractivity contribution in [3.8, 4) is 0 Å². The molecule has 2 rings (SSSR count). The summed E-state index contributed by atoms with van der Waals surface area (Å²) >= 11 is 5.82. The lowest BCUT2D eigenvalue weighted by Crippen LogP contribution is -2.19. The van der Waals surface area contributed by atoms with Gasteiger partial charge in [-0.3, -0.25) is 9.78 Å². The van der Waals surface area contributed by atoms with E-state index in [1.807, 2.05) is 12.1 Å². The minimum atomic E-state index is -0.300. The van der Waals surface area contributed by atoms with Crippen LogP contribution in [0.2, 0.25) is 5.02 Å². The SMILES string of the molecule is CC(=NNC(=O)c1cccc(Cl)c1)c1cccnc1. The van der Waals surface area contributed by atoms with Gasteiger partial charge < -0.3 is 0 Å². The van der Waals surface area contributed by atoms with Gasteiger partial charge >= 0.3 is 0 Å². The number of hydrogen-bond donors (Lipinski definition) is 1. The number of aromatic nitrogens is 1. The largest absolute Gasteiger partial charge is 0.271 e. The molecule has 0 saturated carbocycles. The molecule has 0 atom stereocenters. The first-order chi connectivity index (χ1) is 9.16. The summed E-state index contributed by atoms with van der Waals surface area (Å²) in [6, 6.07) is 10.4. The minimum absolute atomic E-state index is 0.300. The van der Waals surface area contributed by atoms with Gasteiger partial charge in [0.2, 0.25) is 0 Å². The minimum Gasteiger partial charge on any atom is -0.267 e. The predicted molar refractivity (Wildman–Crippen MR) is 75.4 cm³/mol. The topological polar surface area (TPSA) is 54.4 Å². The quantitative estimate of drug-likeness (QED) is 0.690. The molecule has 1 N–H and O–H groups in total. The predicted octanol–water partition coefficient (Wildman–Crippen LogP) is 2.89. The number of rotatable bonds is 3. The molecule has 0 unspecified atom stereocenters. The summed E-state index contributed by atoms with van der Waals surface area (Å²) in [6.45, 7) is 1.80. The van der Waals surface area contributed by atoms with E-state index >= 15 is 0 Å². The van der Waals surface area contributed by atoms with E-state index in [0.717, 1.165) is 5.56 Å². The van der Waals surface area contributed by atoms with E-state index in [1.165, 1.54) is 0 Å². The van der Waals surface area contributed by atoms with Gasteiger partial charge in [0.1, 0.15) is 0 Å². The first kappa shape index (κ1) is 13.2. The summed E-state index contributed by atoms with van der Waals surface area (Å²) in [7, 11) is 0. The van der Waals surface area contributed by atoms with Crippen molar-refractivity contribution in [3.63, 3.8) is 0 Å². The summed E-state index contributed by atoms with van der Waals surface area (Å²) < 4.78 is 0. The van der Waals surface area contributed by atoms with E-state index in [1.54, 1.807) is 43.6 Å². The van der Waals surface area contributed by atoms with Crippen molar-refractivity contribution in [1.82, 2.24) is 10.4 Å². The van der Waals surface area contributed by atoms with Crippen LogP contribution in [0.3, 0.4) is 0 Å². The number of hydrazone groups is 1.